The number of hydrogen-bond acceptors (Lipinski definition) is 5. The number of aliphatic hydroxyl groups excluding tert-OH is 1. The van der Waals surface area contributed by atoms with Crippen molar-refractivity contribution < 1.29 is 19.5 Å². The number of nitrogens with zero attached hydrogens (tertiary/aromatic N) is 1. The Morgan fingerprint density at radius 2 is 1.85 bits per heavy atom. The van der Waals surface area contributed by atoms with Gasteiger partial charge < -0.3 is 20.6 Å². The molecule has 1 spiro atoms. The predicted octanol–water partition coefficient (Wildman–Crippen LogP) is 2.94. The van der Waals surface area contributed by atoms with Crippen LogP contribution in [0.3, 0.4) is 0 Å². The van der Waals surface area contributed by atoms with E-state index in [2.05, 4.69) is 17.6 Å². The lowest BCUT2D eigenvalue weighted by molar-refractivity contribution is -0.142. The number of benzene rings is 1. The molecule has 0 aromatic heterocycles. The maximum absolute atomic E-state index is 13.9. The minimum absolute atomic E-state index is 0.121. The van der Waals surface area contributed by atoms with Gasteiger partial charge in [-0.2, -0.15) is 0 Å². The molecule has 1 saturated carbocycles. The minimum Gasteiger partial charge on any atom is -0.394 e. The standard InChI is InChI=1S/C26H35N3O4S/c1-16(15-30)29-21(23(32)28-18-11-7-4-8-12-18)26-14-13-25(2,34-26)19(20(26)24(29)33)22(31)27-17-9-5-3-6-10-17/h3,5-6,9-10,16,18-21,30H,4,7-8,11-15H2,1-2H3,(H,27,31)(H,28,32)/t16-,19+,20+,21?,25-,26?/m1/s1. The van der Waals surface area contributed by atoms with Crippen LogP contribution in [0.5, 0.6) is 0 Å². The van der Waals surface area contributed by atoms with E-state index >= 15 is 0 Å². The Bertz CT molecular complexity index is 968. The first-order valence-corrected chi connectivity index (χ1v) is 13.4. The molecule has 5 rings (SSSR count). The number of aliphatic hydroxyl groups is 1. The summed E-state index contributed by atoms with van der Waals surface area (Å²) >= 11 is 1.67. The summed E-state index contributed by atoms with van der Waals surface area (Å²) in [5.74, 6) is -1.56. The molecule has 4 fully saturated rings. The summed E-state index contributed by atoms with van der Waals surface area (Å²) in [5, 5.41) is 16.2. The summed E-state index contributed by atoms with van der Waals surface area (Å²) in [4.78, 5) is 42.9. The molecule has 8 heteroatoms. The van der Waals surface area contributed by atoms with Gasteiger partial charge in [-0.15, -0.1) is 11.8 Å². The Labute approximate surface area is 205 Å². The molecule has 1 aliphatic carbocycles. The molecule has 1 aromatic rings. The van der Waals surface area contributed by atoms with Gasteiger partial charge in [0.2, 0.25) is 17.7 Å². The summed E-state index contributed by atoms with van der Waals surface area (Å²) in [6.45, 7) is 3.64. The fourth-order valence-corrected chi connectivity index (χ4v) is 9.24. The average Bonchev–Trinajstić information content (AvgIpc) is 3.40. The van der Waals surface area contributed by atoms with Crippen molar-refractivity contribution in [2.75, 3.05) is 11.9 Å². The first-order valence-electron chi connectivity index (χ1n) is 12.6. The zero-order valence-electron chi connectivity index (χ0n) is 20.0. The van der Waals surface area contributed by atoms with Crippen LogP contribution in [-0.4, -0.2) is 62.0 Å². The quantitative estimate of drug-likeness (QED) is 0.576. The van der Waals surface area contributed by atoms with Crippen molar-refractivity contribution in [3.8, 4) is 0 Å². The van der Waals surface area contributed by atoms with Crippen molar-refractivity contribution >= 4 is 35.2 Å². The third-order valence-electron chi connectivity index (χ3n) is 8.48. The third kappa shape index (κ3) is 3.65. The lowest BCUT2D eigenvalue weighted by Gasteiger charge is -2.37. The molecule has 6 atom stereocenters. The van der Waals surface area contributed by atoms with Crippen molar-refractivity contribution in [1.82, 2.24) is 10.2 Å². The monoisotopic (exact) mass is 485 g/mol. The van der Waals surface area contributed by atoms with Crippen molar-refractivity contribution in [3.05, 3.63) is 30.3 Å². The van der Waals surface area contributed by atoms with Crippen molar-refractivity contribution in [1.29, 1.82) is 0 Å². The van der Waals surface area contributed by atoms with Gasteiger partial charge in [-0.05, 0) is 51.7 Å². The molecule has 1 aromatic carbocycles. The van der Waals surface area contributed by atoms with Crippen molar-refractivity contribution in [3.63, 3.8) is 0 Å². The molecule has 4 aliphatic rings. The SMILES string of the molecule is C[C@H](CO)N1C(=O)[C@@H]2[C@@H](C(=O)Nc3ccccc3)[C@@]3(C)CCC2(S3)C1C(=O)NC1CCCCC1. The molecule has 34 heavy (non-hydrogen) atoms. The summed E-state index contributed by atoms with van der Waals surface area (Å²) < 4.78 is -1.05. The number of thioether (sulfide) groups is 1. The molecule has 3 aliphatic heterocycles. The Hall–Kier alpha value is -2.06. The fraction of sp³-hybridized carbons (Fsp3) is 0.654. The molecular weight excluding hydrogens is 450 g/mol. The summed E-state index contributed by atoms with van der Waals surface area (Å²) in [5.41, 5.74) is 0.704. The first-order chi connectivity index (χ1) is 16.3. The van der Waals surface area contributed by atoms with Crippen LogP contribution in [0.1, 0.15) is 58.8 Å². The van der Waals surface area contributed by atoms with Gasteiger partial charge in [0, 0.05) is 16.5 Å². The van der Waals surface area contributed by atoms with Crippen LogP contribution in [0, 0.1) is 11.8 Å². The van der Waals surface area contributed by atoms with Gasteiger partial charge in [0.05, 0.1) is 29.2 Å². The highest BCUT2D eigenvalue weighted by atomic mass is 32.2. The highest BCUT2D eigenvalue weighted by Crippen LogP contribution is 2.71. The molecule has 3 saturated heterocycles. The second-order valence-electron chi connectivity index (χ2n) is 10.7. The molecule has 3 N–H and O–H groups in total. The number of anilines is 1. The van der Waals surface area contributed by atoms with E-state index in [1.807, 2.05) is 30.3 Å². The number of amides is 3. The van der Waals surface area contributed by atoms with Gasteiger partial charge in [0.1, 0.15) is 6.04 Å². The molecule has 3 amide bonds. The molecule has 7 nitrogen and oxygen atoms in total. The molecule has 184 valence electrons. The highest BCUT2D eigenvalue weighted by Gasteiger charge is 2.77. The molecule has 0 radical (unpaired) electrons. The minimum atomic E-state index is -0.671. The molecular formula is C26H35N3O4S. The number of carbonyl (C=O) groups is 3. The third-order valence-corrected chi connectivity index (χ3v) is 10.5. The van der Waals surface area contributed by atoms with Crippen LogP contribution in [0.4, 0.5) is 5.69 Å². The van der Waals surface area contributed by atoms with E-state index in [0.717, 1.165) is 38.5 Å². The fourth-order valence-electron chi connectivity index (χ4n) is 6.89. The summed E-state index contributed by atoms with van der Waals surface area (Å²) in [7, 11) is 0. The van der Waals surface area contributed by atoms with Gasteiger partial charge >= 0.3 is 0 Å². The van der Waals surface area contributed by atoms with E-state index in [-0.39, 0.29) is 30.4 Å². The van der Waals surface area contributed by atoms with E-state index in [0.29, 0.717) is 5.69 Å². The largest absolute Gasteiger partial charge is 0.394 e. The number of hydrogen-bond donors (Lipinski definition) is 3. The predicted molar refractivity (Wildman–Crippen MR) is 132 cm³/mol. The Balaban J connectivity index is 1.48. The van der Waals surface area contributed by atoms with Crippen LogP contribution in [-0.2, 0) is 14.4 Å². The zero-order chi connectivity index (χ0) is 24.1. The maximum Gasteiger partial charge on any atom is 0.244 e. The number of carbonyl (C=O) groups excluding carboxylic acids is 3. The van der Waals surface area contributed by atoms with Gasteiger partial charge in [-0.3, -0.25) is 14.4 Å². The second kappa shape index (κ2) is 8.86. The summed E-state index contributed by atoms with van der Waals surface area (Å²) in [6.07, 6.45) is 6.83. The second-order valence-corrected chi connectivity index (χ2v) is 12.6. The Kier molecular flexibility index (Phi) is 6.17. The van der Waals surface area contributed by atoms with Gasteiger partial charge in [-0.1, -0.05) is 37.5 Å². The first kappa shape index (κ1) is 23.7. The number of likely N-dealkylation sites (tertiary alicyclic amines) is 1. The normalized spacial score (nSPS) is 35.8. The van der Waals surface area contributed by atoms with Crippen molar-refractivity contribution in [2.45, 2.75) is 86.4 Å². The van der Waals surface area contributed by atoms with Crippen LogP contribution in [0.25, 0.3) is 0 Å². The lowest BCUT2D eigenvalue weighted by atomic mass is 9.66. The van der Waals surface area contributed by atoms with Gasteiger partial charge in [-0.25, -0.2) is 0 Å². The van der Waals surface area contributed by atoms with Gasteiger partial charge in [0.25, 0.3) is 0 Å². The van der Waals surface area contributed by atoms with E-state index in [1.54, 1.807) is 23.6 Å². The zero-order valence-corrected chi connectivity index (χ0v) is 20.8. The lowest BCUT2D eigenvalue weighted by Crippen LogP contribution is -2.57. The smallest absolute Gasteiger partial charge is 0.244 e. The summed E-state index contributed by atoms with van der Waals surface area (Å²) in [6, 6.07) is 8.28. The number of para-hydroxylation sites is 1. The Morgan fingerprint density at radius 3 is 2.53 bits per heavy atom. The topological polar surface area (TPSA) is 98.7 Å². The average molecular weight is 486 g/mol. The van der Waals surface area contributed by atoms with E-state index in [4.69, 9.17) is 0 Å². The number of rotatable bonds is 6. The number of fused-ring (bicyclic) bond motifs is 1. The maximum atomic E-state index is 13.9. The van der Waals surface area contributed by atoms with E-state index in [1.165, 1.54) is 6.42 Å². The number of nitrogens with one attached hydrogen (secondary N) is 2. The molecule has 2 bridgehead atoms. The van der Waals surface area contributed by atoms with E-state index in [9.17, 15) is 19.5 Å². The molecule has 2 unspecified atom stereocenters. The highest BCUT2D eigenvalue weighted by molar-refractivity contribution is 8.02. The van der Waals surface area contributed by atoms with Crippen LogP contribution < -0.4 is 10.6 Å². The van der Waals surface area contributed by atoms with Crippen LogP contribution >= 0.6 is 11.8 Å². The molecule has 3 heterocycles. The van der Waals surface area contributed by atoms with E-state index < -0.39 is 33.4 Å². The Morgan fingerprint density at radius 1 is 1.15 bits per heavy atom. The van der Waals surface area contributed by atoms with Gasteiger partial charge in [0.15, 0.2) is 0 Å². The van der Waals surface area contributed by atoms with Crippen molar-refractivity contribution in [2.24, 2.45) is 11.8 Å². The van der Waals surface area contributed by atoms with Crippen LogP contribution in [0.2, 0.25) is 0 Å². The van der Waals surface area contributed by atoms with Crippen LogP contribution in [0.15, 0.2) is 30.3 Å².